The van der Waals surface area contributed by atoms with Gasteiger partial charge in [-0.15, -0.1) is 0 Å². The van der Waals surface area contributed by atoms with Gasteiger partial charge in [0.1, 0.15) is 11.3 Å². The fourth-order valence-electron chi connectivity index (χ4n) is 5.08. The van der Waals surface area contributed by atoms with Gasteiger partial charge in [0.2, 0.25) is 0 Å². The number of rotatable bonds is 5. The Labute approximate surface area is 176 Å². The van der Waals surface area contributed by atoms with Crippen molar-refractivity contribution in [2.45, 2.75) is 64.4 Å². The third-order valence-electron chi connectivity index (χ3n) is 6.68. The molecule has 1 saturated carbocycles. The maximum absolute atomic E-state index is 12.9. The molecule has 162 valence electrons. The normalized spacial score (nSPS) is 24.0. The predicted octanol–water partition coefficient (Wildman–Crippen LogP) is 3.59. The summed E-state index contributed by atoms with van der Waals surface area (Å²) in [4.78, 5) is 26.6. The van der Waals surface area contributed by atoms with Crippen molar-refractivity contribution < 1.29 is 19.1 Å². The summed E-state index contributed by atoms with van der Waals surface area (Å²) < 4.78 is 11.4. The van der Waals surface area contributed by atoms with E-state index in [4.69, 9.17) is 9.15 Å². The van der Waals surface area contributed by atoms with Crippen LogP contribution >= 0.6 is 0 Å². The number of amides is 1. The highest BCUT2D eigenvalue weighted by atomic mass is 16.5. The van der Waals surface area contributed by atoms with Gasteiger partial charge in [-0.1, -0.05) is 26.2 Å². The van der Waals surface area contributed by atoms with Crippen LogP contribution < -0.4 is 10.4 Å². The Kier molecular flexibility index (Phi) is 5.87. The second kappa shape index (κ2) is 8.42. The summed E-state index contributed by atoms with van der Waals surface area (Å²) in [5, 5.41) is 11.6. The zero-order valence-corrected chi connectivity index (χ0v) is 17.9. The second-order valence-corrected chi connectivity index (χ2v) is 8.90. The highest BCUT2D eigenvalue weighted by Gasteiger charge is 2.43. The molecule has 4 rings (SSSR count). The lowest BCUT2D eigenvalue weighted by Gasteiger charge is -2.47. The van der Waals surface area contributed by atoms with Gasteiger partial charge >= 0.3 is 5.63 Å². The number of carbonyl (C=O) groups excluding carboxylic acids is 1. The molecule has 2 heterocycles. The number of benzene rings is 1. The second-order valence-electron chi connectivity index (χ2n) is 8.90. The molecule has 1 aromatic heterocycles. The minimum atomic E-state index is -0.602. The minimum absolute atomic E-state index is 0.0611. The van der Waals surface area contributed by atoms with Crippen LogP contribution in [0.15, 0.2) is 27.4 Å². The molecule has 1 aromatic carbocycles. The van der Waals surface area contributed by atoms with E-state index >= 15 is 0 Å². The highest BCUT2D eigenvalue weighted by molar-refractivity contribution is 5.88. The predicted molar refractivity (Wildman–Crippen MR) is 115 cm³/mol. The van der Waals surface area contributed by atoms with E-state index in [1.54, 1.807) is 0 Å². The molecule has 6 heteroatoms. The average molecular weight is 414 g/mol. The molecule has 0 spiro atoms. The van der Waals surface area contributed by atoms with Crippen molar-refractivity contribution in [3.05, 3.63) is 39.7 Å². The van der Waals surface area contributed by atoms with Gasteiger partial charge in [-0.3, -0.25) is 4.79 Å². The minimum Gasteiger partial charge on any atom is -0.483 e. The Balaban J connectivity index is 1.52. The molecule has 0 bridgehead atoms. The van der Waals surface area contributed by atoms with Crippen LogP contribution in [0.3, 0.4) is 0 Å². The SMILES string of the molecule is CCCc1cc(=O)oc2cc(C)cc(OCC(=O)N3CC[C@]4(O)CCCC[C@H]4C3)c12. The molecule has 6 nitrogen and oxygen atoms in total. The summed E-state index contributed by atoms with van der Waals surface area (Å²) in [6.45, 7) is 5.08. The van der Waals surface area contributed by atoms with Crippen molar-refractivity contribution in [3.63, 3.8) is 0 Å². The Morgan fingerprint density at radius 2 is 2.13 bits per heavy atom. The number of fused-ring (bicyclic) bond motifs is 2. The summed E-state index contributed by atoms with van der Waals surface area (Å²) >= 11 is 0. The molecule has 1 saturated heterocycles. The van der Waals surface area contributed by atoms with E-state index in [9.17, 15) is 14.7 Å². The quantitative estimate of drug-likeness (QED) is 0.758. The topological polar surface area (TPSA) is 80.0 Å². The van der Waals surface area contributed by atoms with Crippen LogP contribution in [0.5, 0.6) is 5.75 Å². The maximum atomic E-state index is 12.9. The van der Waals surface area contributed by atoms with E-state index in [-0.39, 0.29) is 24.1 Å². The highest BCUT2D eigenvalue weighted by Crippen LogP contribution is 2.39. The molecule has 0 unspecified atom stereocenters. The lowest BCUT2D eigenvalue weighted by atomic mass is 9.71. The third-order valence-corrected chi connectivity index (χ3v) is 6.68. The Morgan fingerprint density at radius 3 is 2.93 bits per heavy atom. The van der Waals surface area contributed by atoms with Crippen molar-refractivity contribution in [1.29, 1.82) is 0 Å². The first-order valence-corrected chi connectivity index (χ1v) is 11.1. The summed E-state index contributed by atoms with van der Waals surface area (Å²) in [5.74, 6) is 0.678. The van der Waals surface area contributed by atoms with Crippen molar-refractivity contribution in [3.8, 4) is 5.75 Å². The number of nitrogens with zero attached hydrogens (tertiary/aromatic N) is 1. The Bertz CT molecular complexity index is 997. The molecule has 1 amide bonds. The number of likely N-dealkylation sites (tertiary alicyclic amines) is 1. The van der Waals surface area contributed by atoms with Gasteiger partial charge in [0.05, 0.1) is 11.0 Å². The first-order valence-electron chi connectivity index (χ1n) is 11.1. The third kappa shape index (κ3) is 4.10. The van der Waals surface area contributed by atoms with Crippen molar-refractivity contribution in [1.82, 2.24) is 4.90 Å². The molecular formula is C24H31NO5. The Hall–Kier alpha value is -2.34. The van der Waals surface area contributed by atoms with Gasteiger partial charge in [-0.05, 0) is 55.9 Å². The number of piperidine rings is 1. The van der Waals surface area contributed by atoms with Crippen molar-refractivity contribution in [2.24, 2.45) is 5.92 Å². The van der Waals surface area contributed by atoms with Gasteiger partial charge in [0.15, 0.2) is 6.61 Å². The van der Waals surface area contributed by atoms with Crippen molar-refractivity contribution in [2.75, 3.05) is 19.7 Å². The molecule has 1 N–H and O–H groups in total. The van der Waals surface area contributed by atoms with Gasteiger partial charge in [-0.2, -0.15) is 0 Å². The van der Waals surface area contributed by atoms with E-state index < -0.39 is 5.60 Å². The number of hydrogen-bond acceptors (Lipinski definition) is 5. The van der Waals surface area contributed by atoms with Crippen LogP contribution in [0.2, 0.25) is 0 Å². The molecule has 1 aliphatic carbocycles. The standard InChI is InChI=1S/C24H31NO5/c1-3-6-17-13-22(27)30-20-12-16(2)11-19(23(17)20)29-15-21(26)25-10-9-24(28)8-5-4-7-18(24)14-25/h11-13,18,28H,3-10,14-15H2,1-2H3/t18-,24+/m0/s1. The summed E-state index contributed by atoms with van der Waals surface area (Å²) in [5.41, 5.74) is 1.32. The van der Waals surface area contributed by atoms with Gasteiger partial charge in [-0.25, -0.2) is 4.79 Å². The van der Waals surface area contributed by atoms with Crippen LogP contribution in [0.4, 0.5) is 0 Å². The molecule has 2 aliphatic rings. The van der Waals surface area contributed by atoms with Gasteiger partial charge in [0.25, 0.3) is 5.91 Å². The lowest BCUT2D eigenvalue weighted by molar-refractivity contribution is -0.145. The van der Waals surface area contributed by atoms with E-state index in [2.05, 4.69) is 6.92 Å². The van der Waals surface area contributed by atoms with Gasteiger partial charge < -0.3 is 19.2 Å². The van der Waals surface area contributed by atoms with E-state index in [1.165, 1.54) is 6.07 Å². The molecule has 1 aliphatic heterocycles. The maximum Gasteiger partial charge on any atom is 0.336 e. The molecule has 2 atom stereocenters. The molecule has 2 aromatic rings. The smallest absolute Gasteiger partial charge is 0.336 e. The van der Waals surface area contributed by atoms with Crippen LogP contribution in [0.25, 0.3) is 11.0 Å². The number of ether oxygens (including phenoxy) is 1. The average Bonchev–Trinajstić information content (AvgIpc) is 2.70. The number of aryl methyl sites for hydroxylation is 2. The van der Waals surface area contributed by atoms with Crippen molar-refractivity contribution >= 4 is 16.9 Å². The molecule has 30 heavy (non-hydrogen) atoms. The summed E-state index contributed by atoms with van der Waals surface area (Å²) in [7, 11) is 0. The summed E-state index contributed by atoms with van der Waals surface area (Å²) in [6.07, 6.45) is 6.28. The molecule has 2 fully saturated rings. The van der Waals surface area contributed by atoms with E-state index in [0.717, 1.165) is 55.0 Å². The number of hydrogen-bond donors (Lipinski definition) is 1. The first kappa shape index (κ1) is 20.9. The number of carbonyl (C=O) groups is 1. The van der Waals surface area contributed by atoms with E-state index in [1.807, 2.05) is 24.0 Å². The largest absolute Gasteiger partial charge is 0.483 e. The molecular weight excluding hydrogens is 382 g/mol. The zero-order valence-electron chi connectivity index (χ0n) is 17.9. The van der Waals surface area contributed by atoms with Crippen LogP contribution in [-0.4, -0.2) is 41.2 Å². The van der Waals surface area contributed by atoms with Crippen LogP contribution in [0.1, 0.15) is 56.6 Å². The van der Waals surface area contributed by atoms with Crippen LogP contribution in [-0.2, 0) is 11.2 Å². The number of aliphatic hydroxyl groups is 1. The fraction of sp³-hybridized carbons (Fsp3) is 0.583. The fourth-order valence-corrected chi connectivity index (χ4v) is 5.08. The van der Waals surface area contributed by atoms with Gasteiger partial charge in [0, 0.05) is 25.1 Å². The monoisotopic (exact) mass is 413 g/mol. The first-order chi connectivity index (χ1) is 14.4. The van der Waals surface area contributed by atoms with Crippen LogP contribution in [0, 0.1) is 12.8 Å². The zero-order chi connectivity index (χ0) is 21.3. The molecule has 0 radical (unpaired) electrons. The summed E-state index contributed by atoms with van der Waals surface area (Å²) in [6, 6.07) is 5.24. The van der Waals surface area contributed by atoms with E-state index in [0.29, 0.717) is 30.8 Å². The lowest BCUT2D eigenvalue weighted by Crippen LogP contribution is -2.55. The Morgan fingerprint density at radius 1 is 1.30 bits per heavy atom.